The molecule has 4 aromatic heterocycles. The lowest BCUT2D eigenvalue weighted by Crippen LogP contribution is -2.29. The van der Waals surface area contributed by atoms with Gasteiger partial charge < -0.3 is 29.5 Å². The molecule has 16 heteroatoms. The number of hydrogen-bond acceptors (Lipinski definition) is 12. The Labute approximate surface area is 330 Å². The number of carbonyl (C=O) groups is 2. The van der Waals surface area contributed by atoms with Crippen LogP contribution in [0.4, 0.5) is 0 Å². The molecule has 4 heterocycles. The fourth-order valence-electron chi connectivity index (χ4n) is 7.25. The van der Waals surface area contributed by atoms with Gasteiger partial charge in [-0.3, -0.25) is 9.59 Å². The Hall–Kier alpha value is -5.74. The van der Waals surface area contributed by atoms with Gasteiger partial charge in [-0.1, -0.05) is 40.8 Å². The van der Waals surface area contributed by atoms with Gasteiger partial charge in [0.15, 0.2) is 0 Å². The molecule has 57 heavy (non-hydrogen) atoms. The monoisotopic (exact) mass is 782 g/mol. The van der Waals surface area contributed by atoms with E-state index in [2.05, 4.69) is 25.6 Å². The van der Waals surface area contributed by atoms with Crippen molar-refractivity contribution >= 4 is 11.9 Å². The summed E-state index contributed by atoms with van der Waals surface area (Å²) in [4.78, 5) is 31.7. The van der Waals surface area contributed by atoms with Crippen molar-refractivity contribution in [2.45, 2.75) is 97.2 Å². The topological polar surface area (TPSA) is 210 Å². The maximum absolute atomic E-state index is 11.3. The zero-order valence-electron chi connectivity index (χ0n) is 32.7. The van der Waals surface area contributed by atoms with E-state index in [4.69, 9.17) is 19.2 Å². The molecule has 0 radical (unpaired) electrons. The summed E-state index contributed by atoms with van der Waals surface area (Å²) in [6, 6.07) is 17.3. The minimum Gasteiger partial charge on any atom is -0.489 e. The Morgan fingerprint density at radius 1 is 0.684 bits per heavy atom. The Bertz CT molecular complexity index is 2140. The second-order valence-corrected chi connectivity index (χ2v) is 14.6. The Morgan fingerprint density at radius 2 is 1.18 bits per heavy atom. The number of ether oxygens (including phenoxy) is 3. The third kappa shape index (κ3) is 10.4. The summed E-state index contributed by atoms with van der Waals surface area (Å²) in [5.74, 6) is -0.840. The van der Waals surface area contributed by atoms with Crippen LogP contribution < -0.4 is 9.47 Å². The fraction of sp³-hybridized carbons (Fsp3) is 0.463. The van der Waals surface area contributed by atoms with E-state index in [1.165, 1.54) is 4.68 Å². The zero-order chi connectivity index (χ0) is 40.5. The van der Waals surface area contributed by atoms with Gasteiger partial charge in [-0.25, -0.2) is 19.3 Å². The van der Waals surface area contributed by atoms with Crippen LogP contribution in [0, 0.1) is 25.7 Å². The summed E-state index contributed by atoms with van der Waals surface area (Å²) in [7, 11) is 3.55. The van der Waals surface area contributed by atoms with Crippen LogP contribution in [0.15, 0.2) is 54.6 Å². The molecular weight excluding hydrogens is 732 g/mol. The second kappa shape index (κ2) is 18.9. The van der Waals surface area contributed by atoms with Crippen molar-refractivity contribution in [3.8, 4) is 34.3 Å². The number of carboxylic acids is 2. The molecule has 7 rings (SSSR count). The van der Waals surface area contributed by atoms with Gasteiger partial charge in [0.05, 0.1) is 78.0 Å². The summed E-state index contributed by atoms with van der Waals surface area (Å²) in [5.41, 5.74) is 6.53. The lowest BCUT2D eigenvalue weighted by atomic mass is 9.87. The molecule has 0 saturated heterocycles. The minimum absolute atomic E-state index is 0.102. The molecular formula is C41H50N8O8. The summed E-state index contributed by atoms with van der Waals surface area (Å²) in [5, 5.41) is 44.4. The number of carboxylic acid groups (broad SMARTS) is 2. The van der Waals surface area contributed by atoms with Crippen molar-refractivity contribution in [2.24, 2.45) is 25.9 Å². The molecule has 0 unspecified atom stereocenters. The molecule has 0 amide bonds. The van der Waals surface area contributed by atoms with Crippen LogP contribution in [0.3, 0.4) is 0 Å². The average molecular weight is 783 g/mol. The number of aliphatic carboxylic acids is 2. The van der Waals surface area contributed by atoms with E-state index in [1.54, 1.807) is 17.8 Å². The molecule has 302 valence electrons. The number of aryl methyl sites for hydroxylation is 4. The zero-order valence-corrected chi connectivity index (χ0v) is 32.7. The Balaban J connectivity index is 0.000000199. The van der Waals surface area contributed by atoms with E-state index in [1.807, 2.05) is 69.4 Å². The predicted molar refractivity (Wildman–Crippen MR) is 207 cm³/mol. The summed E-state index contributed by atoms with van der Waals surface area (Å²) >= 11 is 0. The standard InChI is InChI=1S/C24H28N4O4.C17H22N4O4/c1-16-22(32-19-10-6-9-18(13-19)24(29)30)12-11-20(25-16)23-21(28(2)27-26-23)15-31-14-17-7-4-3-5-8-17;1-10-15(25-12-5-3-4-11(8-12)17(23)24)7-6-13(18-10)16-14(9-22)21(2)20-19-16/h3-5,7-8,11-12,18-19H,6,9-10,13-15H2,1-2H3,(H,29,30);6-7,11-12,22H,3-5,8-9H2,1-2H3,(H,23,24)/t18-,19-;11-,12-/m00/s1. The molecule has 2 aliphatic rings. The van der Waals surface area contributed by atoms with E-state index in [0.717, 1.165) is 42.6 Å². The molecule has 3 N–H and O–H groups in total. The molecule has 0 bridgehead atoms. The van der Waals surface area contributed by atoms with E-state index in [9.17, 15) is 24.9 Å². The van der Waals surface area contributed by atoms with Crippen LogP contribution in [0.5, 0.6) is 11.5 Å². The third-order valence-electron chi connectivity index (χ3n) is 10.5. The lowest BCUT2D eigenvalue weighted by molar-refractivity contribution is -0.144. The van der Waals surface area contributed by atoms with Crippen molar-refractivity contribution in [3.05, 3.63) is 82.9 Å². The molecule has 4 atom stereocenters. The lowest BCUT2D eigenvalue weighted by Gasteiger charge is -2.27. The molecule has 1 aromatic carbocycles. The van der Waals surface area contributed by atoms with Crippen molar-refractivity contribution in [1.29, 1.82) is 0 Å². The summed E-state index contributed by atoms with van der Waals surface area (Å²) < 4.78 is 21.2. The van der Waals surface area contributed by atoms with Crippen molar-refractivity contribution in [1.82, 2.24) is 40.0 Å². The highest BCUT2D eigenvalue weighted by Crippen LogP contribution is 2.32. The first-order valence-corrected chi connectivity index (χ1v) is 19.2. The number of pyridine rings is 2. The molecule has 0 aliphatic heterocycles. The van der Waals surface area contributed by atoms with Gasteiger partial charge >= 0.3 is 11.9 Å². The molecule has 5 aromatic rings. The fourth-order valence-corrected chi connectivity index (χ4v) is 7.25. The third-order valence-corrected chi connectivity index (χ3v) is 10.5. The normalized spacial score (nSPS) is 19.3. The molecule has 2 saturated carbocycles. The molecule has 2 aliphatic carbocycles. The van der Waals surface area contributed by atoms with Crippen LogP contribution in [0.2, 0.25) is 0 Å². The van der Waals surface area contributed by atoms with Gasteiger partial charge in [-0.2, -0.15) is 0 Å². The van der Waals surface area contributed by atoms with Gasteiger partial charge in [-0.15, -0.1) is 10.2 Å². The second-order valence-electron chi connectivity index (χ2n) is 14.6. The first-order chi connectivity index (χ1) is 27.5. The van der Waals surface area contributed by atoms with Crippen molar-refractivity contribution in [2.75, 3.05) is 0 Å². The van der Waals surface area contributed by atoms with Gasteiger partial charge in [0.1, 0.15) is 22.9 Å². The van der Waals surface area contributed by atoms with E-state index >= 15 is 0 Å². The highest BCUT2D eigenvalue weighted by molar-refractivity contribution is 5.70. The van der Waals surface area contributed by atoms with Gasteiger partial charge in [0.2, 0.25) is 0 Å². The highest BCUT2D eigenvalue weighted by Gasteiger charge is 2.30. The SMILES string of the molecule is Cc1nc(-c2nnn(C)c2CO)ccc1O[C@H]1CCC[C@H](C(=O)O)C1.Cc1nc(-c2nnn(C)c2COCc2ccccc2)ccc1O[C@H]1CCC[C@H](C(=O)O)C1. The highest BCUT2D eigenvalue weighted by atomic mass is 16.5. The summed E-state index contributed by atoms with van der Waals surface area (Å²) in [6.07, 6.45) is 5.69. The van der Waals surface area contributed by atoms with Gasteiger partial charge in [-0.05, 0) is 95.0 Å². The molecule has 2 fully saturated rings. The maximum atomic E-state index is 11.3. The largest absolute Gasteiger partial charge is 0.489 e. The number of hydrogen-bond donors (Lipinski definition) is 3. The van der Waals surface area contributed by atoms with Gasteiger partial charge in [0, 0.05) is 14.1 Å². The van der Waals surface area contributed by atoms with E-state index in [0.29, 0.717) is 84.6 Å². The Morgan fingerprint density at radius 3 is 1.65 bits per heavy atom. The number of aliphatic hydroxyl groups excluding tert-OH is 1. The van der Waals surface area contributed by atoms with E-state index < -0.39 is 11.9 Å². The minimum atomic E-state index is -0.752. The molecule has 0 spiro atoms. The first kappa shape index (κ1) is 40.9. The number of aliphatic hydroxyl groups is 1. The number of rotatable bonds is 13. The van der Waals surface area contributed by atoms with Crippen molar-refractivity contribution < 1.29 is 39.1 Å². The summed E-state index contributed by atoms with van der Waals surface area (Å²) in [6.45, 7) is 4.43. The first-order valence-electron chi connectivity index (χ1n) is 19.2. The van der Waals surface area contributed by atoms with Crippen LogP contribution in [0.1, 0.15) is 79.7 Å². The van der Waals surface area contributed by atoms with Crippen molar-refractivity contribution in [3.63, 3.8) is 0 Å². The van der Waals surface area contributed by atoms with Crippen LogP contribution in [-0.4, -0.2) is 79.4 Å². The quantitative estimate of drug-likeness (QED) is 0.132. The number of nitrogens with zero attached hydrogens (tertiary/aromatic N) is 8. The smallest absolute Gasteiger partial charge is 0.306 e. The van der Waals surface area contributed by atoms with Crippen LogP contribution in [0.25, 0.3) is 22.8 Å². The Kier molecular flexibility index (Phi) is 13.6. The van der Waals surface area contributed by atoms with Crippen LogP contribution >= 0.6 is 0 Å². The number of aromatic nitrogens is 8. The van der Waals surface area contributed by atoms with Crippen LogP contribution in [-0.2, 0) is 48.2 Å². The maximum Gasteiger partial charge on any atom is 0.306 e. The average Bonchev–Trinajstić information content (AvgIpc) is 3.78. The molecule has 16 nitrogen and oxygen atoms in total. The number of benzene rings is 1. The van der Waals surface area contributed by atoms with E-state index in [-0.39, 0.29) is 30.7 Å². The predicted octanol–water partition coefficient (Wildman–Crippen LogP) is 5.62. The van der Waals surface area contributed by atoms with Gasteiger partial charge in [0.25, 0.3) is 0 Å².